The Morgan fingerprint density at radius 1 is 1.23 bits per heavy atom. The van der Waals surface area contributed by atoms with Crippen molar-refractivity contribution in [3.63, 3.8) is 0 Å². The maximum Gasteiger partial charge on any atom is 0.256 e. The molecule has 0 aliphatic heterocycles. The zero-order chi connectivity index (χ0) is 15.4. The van der Waals surface area contributed by atoms with Crippen molar-refractivity contribution in [1.82, 2.24) is 9.97 Å². The number of rotatable bonds is 3. The number of aromatic amines is 1. The average Bonchev–Trinajstić information content (AvgIpc) is 2.56. The molecule has 3 aromatic rings. The summed E-state index contributed by atoms with van der Waals surface area (Å²) in [5, 5.41) is 0.886. The summed E-state index contributed by atoms with van der Waals surface area (Å²) in [6, 6.07) is 13.1. The van der Waals surface area contributed by atoms with Crippen LogP contribution >= 0.6 is 0 Å². The van der Waals surface area contributed by atoms with Crippen LogP contribution in [0, 0.1) is 0 Å². The summed E-state index contributed by atoms with van der Waals surface area (Å²) < 4.78 is 0. The van der Waals surface area contributed by atoms with Crippen molar-refractivity contribution >= 4 is 28.4 Å². The smallest absolute Gasteiger partial charge is 0.256 e. The summed E-state index contributed by atoms with van der Waals surface area (Å²) in [7, 11) is 0. The Hall–Kier alpha value is -3.21. The molecule has 0 aliphatic rings. The monoisotopic (exact) mass is 290 g/mol. The average molecular weight is 290 g/mol. The van der Waals surface area contributed by atoms with Gasteiger partial charge in [-0.05, 0) is 24.3 Å². The minimum Gasteiger partial charge on any atom is -0.404 e. The molecule has 0 spiro atoms. The third kappa shape index (κ3) is 2.78. The highest BCUT2D eigenvalue weighted by atomic mass is 16.1. The van der Waals surface area contributed by atoms with Gasteiger partial charge in [-0.15, -0.1) is 0 Å². The van der Waals surface area contributed by atoms with Gasteiger partial charge in [0.2, 0.25) is 0 Å². The first-order valence-electron chi connectivity index (χ1n) is 6.76. The third-order valence-corrected chi connectivity index (χ3v) is 3.25. The molecule has 0 amide bonds. The number of hydrogen-bond donors (Lipinski definition) is 2. The normalized spacial score (nSPS) is 12.1. The lowest BCUT2D eigenvalue weighted by atomic mass is 10.1. The van der Waals surface area contributed by atoms with E-state index in [-0.39, 0.29) is 5.56 Å². The van der Waals surface area contributed by atoms with Crippen LogP contribution in [0.15, 0.2) is 70.8 Å². The maximum absolute atomic E-state index is 12.2. The summed E-state index contributed by atoms with van der Waals surface area (Å²) >= 11 is 0. The Balaban J connectivity index is 2.03. The van der Waals surface area contributed by atoms with E-state index in [2.05, 4.69) is 15.0 Å². The van der Waals surface area contributed by atoms with E-state index >= 15 is 0 Å². The molecular formula is C17H14N4O. The van der Waals surface area contributed by atoms with E-state index < -0.39 is 0 Å². The van der Waals surface area contributed by atoms with Crippen molar-refractivity contribution in [3.05, 3.63) is 77.0 Å². The molecule has 0 fully saturated rings. The summed E-state index contributed by atoms with van der Waals surface area (Å²) in [6.45, 7) is 0. The number of nitrogens with two attached hydrogens (primary N) is 1. The SMILES string of the molecule is NC=C(C=Nc1ccccc1)c1cc2ccncc2[nH]c1=O. The molecule has 0 saturated heterocycles. The van der Waals surface area contributed by atoms with Crippen LogP contribution in [0.25, 0.3) is 16.5 Å². The summed E-state index contributed by atoms with van der Waals surface area (Å²) in [6.07, 6.45) is 6.26. The quantitative estimate of drug-likeness (QED) is 0.727. The van der Waals surface area contributed by atoms with E-state index in [1.54, 1.807) is 24.7 Å². The zero-order valence-electron chi connectivity index (χ0n) is 11.7. The molecule has 5 nitrogen and oxygen atoms in total. The third-order valence-electron chi connectivity index (χ3n) is 3.25. The first-order valence-corrected chi connectivity index (χ1v) is 6.76. The van der Waals surface area contributed by atoms with Crippen molar-refractivity contribution in [2.45, 2.75) is 0 Å². The lowest BCUT2D eigenvalue weighted by Gasteiger charge is -2.03. The van der Waals surface area contributed by atoms with E-state index in [1.807, 2.05) is 36.4 Å². The Morgan fingerprint density at radius 2 is 2.05 bits per heavy atom. The molecular weight excluding hydrogens is 276 g/mol. The van der Waals surface area contributed by atoms with Crippen LogP contribution < -0.4 is 11.3 Å². The summed E-state index contributed by atoms with van der Waals surface area (Å²) in [5.74, 6) is 0. The molecule has 3 N–H and O–H groups in total. The van der Waals surface area contributed by atoms with E-state index in [9.17, 15) is 4.79 Å². The molecule has 0 bridgehead atoms. The Bertz CT molecular complexity index is 911. The van der Waals surface area contributed by atoms with Crippen LogP contribution in [0.4, 0.5) is 5.69 Å². The molecule has 0 radical (unpaired) electrons. The molecule has 22 heavy (non-hydrogen) atoms. The van der Waals surface area contributed by atoms with E-state index in [0.717, 1.165) is 11.1 Å². The summed E-state index contributed by atoms with van der Waals surface area (Å²) in [4.78, 5) is 23.3. The van der Waals surface area contributed by atoms with Gasteiger partial charge in [0.25, 0.3) is 5.56 Å². The highest BCUT2D eigenvalue weighted by Crippen LogP contribution is 2.15. The molecule has 0 atom stereocenters. The number of allylic oxidation sites excluding steroid dienone is 1. The largest absolute Gasteiger partial charge is 0.404 e. The molecule has 3 rings (SSSR count). The summed E-state index contributed by atoms with van der Waals surface area (Å²) in [5.41, 5.74) is 7.95. The van der Waals surface area contributed by atoms with Crippen molar-refractivity contribution in [2.75, 3.05) is 0 Å². The number of nitrogens with zero attached hydrogens (tertiary/aromatic N) is 2. The molecule has 2 aromatic heterocycles. The topological polar surface area (TPSA) is 84.1 Å². The lowest BCUT2D eigenvalue weighted by Crippen LogP contribution is -2.13. The van der Waals surface area contributed by atoms with Crippen LogP contribution in [0.2, 0.25) is 0 Å². The standard InChI is InChI=1S/C17H14N4O/c18-9-13(10-20-14-4-2-1-3-5-14)15-8-12-6-7-19-11-16(12)21-17(15)22/h1-11H,18H2,(H,21,22). The number of benzene rings is 1. The van der Waals surface area contributed by atoms with Gasteiger partial charge in [0.1, 0.15) is 0 Å². The van der Waals surface area contributed by atoms with Crippen molar-refractivity contribution in [2.24, 2.45) is 10.7 Å². The molecule has 2 heterocycles. The number of para-hydroxylation sites is 1. The first kappa shape index (κ1) is 13.8. The lowest BCUT2D eigenvalue weighted by molar-refractivity contribution is 1.25. The van der Waals surface area contributed by atoms with E-state index in [1.165, 1.54) is 6.20 Å². The molecule has 1 aromatic carbocycles. The number of nitrogens with one attached hydrogen (secondary N) is 1. The fraction of sp³-hybridized carbons (Fsp3) is 0. The second-order valence-electron chi connectivity index (χ2n) is 4.69. The van der Waals surface area contributed by atoms with Gasteiger partial charge in [-0.3, -0.25) is 14.8 Å². The van der Waals surface area contributed by atoms with Crippen LogP contribution in [0.3, 0.4) is 0 Å². The second-order valence-corrected chi connectivity index (χ2v) is 4.69. The van der Waals surface area contributed by atoms with Gasteiger partial charge in [0.05, 0.1) is 23.0 Å². The predicted molar refractivity (Wildman–Crippen MR) is 89.1 cm³/mol. The Kier molecular flexibility index (Phi) is 3.78. The van der Waals surface area contributed by atoms with Crippen molar-refractivity contribution in [3.8, 4) is 0 Å². The van der Waals surface area contributed by atoms with Crippen LogP contribution in [0.5, 0.6) is 0 Å². The molecule has 0 unspecified atom stereocenters. The minimum absolute atomic E-state index is 0.225. The Morgan fingerprint density at radius 3 is 2.82 bits per heavy atom. The highest BCUT2D eigenvalue weighted by molar-refractivity contribution is 6.11. The number of pyridine rings is 2. The maximum atomic E-state index is 12.2. The second kappa shape index (κ2) is 6.05. The molecule has 5 heteroatoms. The van der Waals surface area contributed by atoms with Gasteiger partial charge in [-0.1, -0.05) is 18.2 Å². The highest BCUT2D eigenvalue weighted by Gasteiger charge is 2.06. The number of aliphatic imine (C=N–C) groups is 1. The van der Waals surface area contributed by atoms with Gasteiger partial charge >= 0.3 is 0 Å². The zero-order valence-corrected chi connectivity index (χ0v) is 11.7. The van der Waals surface area contributed by atoms with Crippen molar-refractivity contribution < 1.29 is 0 Å². The van der Waals surface area contributed by atoms with E-state index in [0.29, 0.717) is 16.7 Å². The van der Waals surface area contributed by atoms with E-state index in [4.69, 9.17) is 5.73 Å². The Labute approximate surface area is 126 Å². The number of hydrogen-bond acceptors (Lipinski definition) is 4. The minimum atomic E-state index is -0.225. The molecule has 108 valence electrons. The number of aromatic nitrogens is 2. The predicted octanol–water partition coefficient (Wildman–Crippen LogP) is 2.63. The van der Waals surface area contributed by atoms with Gasteiger partial charge < -0.3 is 10.7 Å². The van der Waals surface area contributed by atoms with Crippen LogP contribution in [0.1, 0.15) is 5.56 Å². The fourth-order valence-corrected chi connectivity index (χ4v) is 2.12. The first-order chi connectivity index (χ1) is 10.8. The molecule has 0 saturated carbocycles. The van der Waals surface area contributed by atoms with Gasteiger partial charge in [0, 0.05) is 29.6 Å². The van der Waals surface area contributed by atoms with Gasteiger partial charge in [0.15, 0.2) is 0 Å². The van der Waals surface area contributed by atoms with Gasteiger partial charge in [-0.2, -0.15) is 0 Å². The van der Waals surface area contributed by atoms with Gasteiger partial charge in [-0.25, -0.2) is 0 Å². The number of fused-ring (bicyclic) bond motifs is 1. The van der Waals surface area contributed by atoms with Crippen LogP contribution in [-0.4, -0.2) is 16.2 Å². The van der Waals surface area contributed by atoms with Crippen LogP contribution in [-0.2, 0) is 0 Å². The number of H-pyrrole nitrogens is 1. The molecule has 0 aliphatic carbocycles. The van der Waals surface area contributed by atoms with Crippen molar-refractivity contribution in [1.29, 1.82) is 0 Å². The fourth-order valence-electron chi connectivity index (χ4n) is 2.12.